The number of benzene rings is 1. The molecule has 0 amide bonds. The number of aromatic nitrogens is 2. The number of methoxy groups -OCH3 is 1. The van der Waals surface area contributed by atoms with Gasteiger partial charge in [0.2, 0.25) is 5.88 Å². The van der Waals surface area contributed by atoms with Crippen LogP contribution in [-0.4, -0.2) is 17.1 Å². The molecule has 0 atom stereocenters. The van der Waals surface area contributed by atoms with E-state index >= 15 is 0 Å². The number of ether oxygens (including phenoxy) is 1. The largest absolute Gasteiger partial charge is 0.481 e. The molecule has 94 valence electrons. The minimum atomic E-state index is 0.301. The molecule has 3 heteroatoms. The molecule has 1 heterocycles. The van der Waals surface area contributed by atoms with E-state index in [1.54, 1.807) is 7.11 Å². The average Bonchev–Trinajstić information content (AvgIpc) is 2.39. The number of hydrogen-bond acceptors (Lipinski definition) is 3. The highest BCUT2D eigenvalue weighted by Gasteiger charge is 2.08. The molecule has 0 aliphatic rings. The molecule has 3 nitrogen and oxygen atoms in total. The second kappa shape index (κ2) is 5.63. The van der Waals surface area contributed by atoms with E-state index in [1.807, 2.05) is 24.3 Å². The third kappa shape index (κ3) is 3.06. The van der Waals surface area contributed by atoms with Crippen molar-refractivity contribution >= 4 is 0 Å². The van der Waals surface area contributed by atoms with Crippen LogP contribution in [-0.2, 0) is 6.42 Å². The predicted molar refractivity (Wildman–Crippen MR) is 71.9 cm³/mol. The Bertz CT molecular complexity index is 509. The normalized spacial score (nSPS) is 10.7. The molecule has 0 saturated heterocycles. The summed E-state index contributed by atoms with van der Waals surface area (Å²) in [6.07, 6.45) is 0.805. The molecular weight excluding hydrogens is 224 g/mol. The summed E-state index contributed by atoms with van der Waals surface area (Å²) < 4.78 is 5.23. The molecule has 0 aliphatic carbocycles. The second-order valence-corrected chi connectivity index (χ2v) is 4.58. The van der Waals surface area contributed by atoms with Crippen LogP contribution in [0, 0.1) is 0 Å². The third-order valence-corrected chi connectivity index (χ3v) is 2.73. The number of rotatable bonds is 4. The molecule has 0 aliphatic heterocycles. The van der Waals surface area contributed by atoms with Gasteiger partial charge in [-0.25, -0.2) is 4.98 Å². The fourth-order valence-corrected chi connectivity index (χ4v) is 1.75. The van der Waals surface area contributed by atoms with Gasteiger partial charge in [0.15, 0.2) is 0 Å². The van der Waals surface area contributed by atoms with Crippen LogP contribution in [0.15, 0.2) is 36.4 Å². The van der Waals surface area contributed by atoms with Gasteiger partial charge < -0.3 is 4.74 Å². The maximum Gasteiger partial charge on any atom is 0.216 e. The molecule has 0 saturated carbocycles. The summed E-state index contributed by atoms with van der Waals surface area (Å²) in [5.74, 6) is 1.77. The minimum Gasteiger partial charge on any atom is -0.481 e. The standard InChI is InChI=1S/C15H18N2O/c1-11(2)15-16-13(10-14(17-15)18-3)9-12-7-5-4-6-8-12/h4-8,10-11H,9H2,1-3H3. The van der Waals surface area contributed by atoms with Crippen LogP contribution in [0.25, 0.3) is 0 Å². The van der Waals surface area contributed by atoms with Crippen LogP contribution in [0.3, 0.4) is 0 Å². The quantitative estimate of drug-likeness (QED) is 0.825. The second-order valence-electron chi connectivity index (χ2n) is 4.58. The lowest BCUT2D eigenvalue weighted by Crippen LogP contribution is -2.04. The lowest BCUT2D eigenvalue weighted by molar-refractivity contribution is 0.393. The van der Waals surface area contributed by atoms with Crippen molar-refractivity contribution in [1.29, 1.82) is 0 Å². The van der Waals surface area contributed by atoms with Crippen molar-refractivity contribution in [2.24, 2.45) is 0 Å². The third-order valence-electron chi connectivity index (χ3n) is 2.73. The van der Waals surface area contributed by atoms with Crippen LogP contribution < -0.4 is 4.74 Å². The Kier molecular flexibility index (Phi) is 3.92. The summed E-state index contributed by atoms with van der Waals surface area (Å²) in [4.78, 5) is 8.94. The Balaban J connectivity index is 2.30. The van der Waals surface area contributed by atoms with Crippen LogP contribution in [0.4, 0.5) is 0 Å². The molecule has 2 rings (SSSR count). The monoisotopic (exact) mass is 242 g/mol. The molecule has 1 aromatic heterocycles. The van der Waals surface area contributed by atoms with Gasteiger partial charge in [0, 0.05) is 18.4 Å². The molecule has 0 N–H and O–H groups in total. The first-order chi connectivity index (χ1) is 8.69. The Labute approximate surface area is 108 Å². The van der Waals surface area contributed by atoms with Gasteiger partial charge >= 0.3 is 0 Å². The van der Waals surface area contributed by atoms with Crippen molar-refractivity contribution in [2.45, 2.75) is 26.2 Å². The predicted octanol–water partition coefficient (Wildman–Crippen LogP) is 3.20. The first-order valence-corrected chi connectivity index (χ1v) is 6.15. The zero-order valence-corrected chi connectivity index (χ0v) is 11.1. The molecule has 18 heavy (non-hydrogen) atoms. The van der Waals surface area contributed by atoms with Crippen molar-refractivity contribution < 1.29 is 4.74 Å². The molecular formula is C15H18N2O. The Morgan fingerprint density at radius 2 is 1.83 bits per heavy atom. The van der Waals surface area contributed by atoms with Gasteiger partial charge in [-0.3, -0.25) is 0 Å². The van der Waals surface area contributed by atoms with E-state index in [1.165, 1.54) is 5.56 Å². The van der Waals surface area contributed by atoms with Crippen LogP contribution in [0.5, 0.6) is 5.88 Å². The molecule has 0 radical (unpaired) electrons. The van der Waals surface area contributed by atoms with Gasteiger partial charge in [0.1, 0.15) is 5.82 Å². The lowest BCUT2D eigenvalue weighted by atomic mass is 10.1. The fourth-order valence-electron chi connectivity index (χ4n) is 1.75. The lowest BCUT2D eigenvalue weighted by Gasteiger charge is -2.09. The highest BCUT2D eigenvalue weighted by atomic mass is 16.5. The number of nitrogens with zero attached hydrogens (tertiary/aromatic N) is 2. The van der Waals surface area contributed by atoms with Gasteiger partial charge in [-0.2, -0.15) is 4.98 Å². The van der Waals surface area contributed by atoms with Gasteiger partial charge in [-0.1, -0.05) is 44.2 Å². The van der Waals surface area contributed by atoms with E-state index in [9.17, 15) is 0 Å². The van der Waals surface area contributed by atoms with Gasteiger partial charge in [0.25, 0.3) is 0 Å². The van der Waals surface area contributed by atoms with E-state index in [0.29, 0.717) is 11.8 Å². The minimum absolute atomic E-state index is 0.301. The van der Waals surface area contributed by atoms with E-state index < -0.39 is 0 Å². The average molecular weight is 242 g/mol. The topological polar surface area (TPSA) is 35.0 Å². The van der Waals surface area contributed by atoms with Crippen LogP contribution in [0.1, 0.15) is 36.8 Å². The maximum atomic E-state index is 5.23. The summed E-state index contributed by atoms with van der Waals surface area (Å²) in [6, 6.07) is 12.2. The molecule has 0 spiro atoms. The van der Waals surface area contributed by atoms with Crippen molar-refractivity contribution in [2.75, 3.05) is 7.11 Å². The summed E-state index contributed by atoms with van der Waals surface area (Å²) in [7, 11) is 1.64. The van der Waals surface area contributed by atoms with Gasteiger partial charge in [-0.05, 0) is 5.56 Å². The highest BCUT2D eigenvalue weighted by molar-refractivity contribution is 5.25. The Hall–Kier alpha value is -1.90. The first-order valence-electron chi connectivity index (χ1n) is 6.15. The summed E-state index contributed by atoms with van der Waals surface area (Å²) in [5, 5.41) is 0. The molecule has 0 bridgehead atoms. The van der Waals surface area contributed by atoms with Crippen LogP contribution in [0.2, 0.25) is 0 Å². The highest BCUT2D eigenvalue weighted by Crippen LogP contribution is 2.17. The van der Waals surface area contributed by atoms with Crippen molar-refractivity contribution in [3.63, 3.8) is 0 Å². The summed E-state index contributed by atoms with van der Waals surface area (Å²) in [5.41, 5.74) is 2.24. The smallest absolute Gasteiger partial charge is 0.216 e. The van der Waals surface area contributed by atoms with Crippen LogP contribution >= 0.6 is 0 Å². The van der Waals surface area contributed by atoms with Gasteiger partial charge in [-0.15, -0.1) is 0 Å². The zero-order valence-electron chi connectivity index (χ0n) is 11.1. The SMILES string of the molecule is COc1cc(Cc2ccccc2)nc(C(C)C)n1. The molecule has 0 fully saturated rings. The zero-order chi connectivity index (χ0) is 13.0. The van der Waals surface area contributed by atoms with Crippen molar-refractivity contribution in [1.82, 2.24) is 9.97 Å². The van der Waals surface area contributed by atoms with Gasteiger partial charge in [0.05, 0.1) is 12.8 Å². The van der Waals surface area contributed by atoms with E-state index in [4.69, 9.17) is 4.74 Å². The van der Waals surface area contributed by atoms with Crippen molar-refractivity contribution in [3.05, 3.63) is 53.5 Å². The molecule has 2 aromatic rings. The summed E-state index contributed by atoms with van der Waals surface area (Å²) in [6.45, 7) is 4.17. The maximum absolute atomic E-state index is 5.23. The van der Waals surface area contributed by atoms with E-state index in [-0.39, 0.29) is 0 Å². The molecule has 0 unspecified atom stereocenters. The van der Waals surface area contributed by atoms with E-state index in [0.717, 1.165) is 17.9 Å². The van der Waals surface area contributed by atoms with E-state index in [2.05, 4.69) is 35.9 Å². The number of hydrogen-bond donors (Lipinski definition) is 0. The Morgan fingerprint density at radius 1 is 1.11 bits per heavy atom. The Morgan fingerprint density at radius 3 is 2.44 bits per heavy atom. The summed E-state index contributed by atoms with van der Waals surface area (Å²) >= 11 is 0. The first kappa shape index (κ1) is 12.6. The fraction of sp³-hybridized carbons (Fsp3) is 0.333. The van der Waals surface area contributed by atoms with Crippen molar-refractivity contribution in [3.8, 4) is 5.88 Å². The molecule has 1 aromatic carbocycles.